The molecule has 3 rings (SSSR count). The molecule has 1 saturated heterocycles. The molecule has 2 heterocycles. The number of nitrogens with zero attached hydrogens (tertiary/aromatic N) is 3. The Balaban J connectivity index is 1.58. The van der Waals surface area contributed by atoms with Gasteiger partial charge in [0.2, 0.25) is 0 Å². The number of aromatic nitrogens is 2. The number of rotatable bonds is 10. The van der Waals surface area contributed by atoms with E-state index < -0.39 is 6.17 Å². The highest BCUT2D eigenvalue weighted by Gasteiger charge is 2.20. The normalized spacial score (nSPS) is 17.1. The van der Waals surface area contributed by atoms with Gasteiger partial charge in [-0.15, -0.1) is 0 Å². The number of hydrogen-bond acceptors (Lipinski definition) is 5. The summed E-state index contributed by atoms with van der Waals surface area (Å²) in [6, 6.07) is 7.94. The average molecular weight is 402 g/mol. The number of likely N-dealkylation sites (tertiary alicyclic amines) is 1. The van der Waals surface area contributed by atoms with E-state index in [2.05, 4.69) is 28.7 Å². The van der Waals surface area contributed by atoms with Gasteiger partial charge in [-0.1, -0.05) is 19.9 Å². The molecule has 0 saturated carbocycles. The topological polar surface area (TPSA) is 47.5 Å². The first-order valence-electron chi connectivity index (χ1n) is 10.5. The van der Waals surface area contributed by atoms with Crippen molar-refractivity contribution in [2.24, 2.45) is 5.92 Å². The smallest absolute Gasteiger partial charge is 0.161 e. The van der Waals surface area contributed by atoms with Crippen LogP contribution in [0.2, 0.25) is 0 Å². The first-order chi connectivity index (χ1) is 14.0. The van der Waals surface area contributed by atoms with Crippen molar-refractivity contribution in [3.63, 3.8) is 0 Å². The summed E-state index contributed by atoms with van der Waals surface area (Å²) in [5.74, 6) is 2.82. The van der Waals surface area contributed by atoms with Crippen molar-refractivity contribution in [1.29, 1.82) is 0 Å². The van der Waals surface area contributed by atoms with Crippen LogP contribution in [0.5, 0.6) is 11.5 Å². The molecule has 0 radical (unpaired) electrons. The quantitative estimate of drug-likeness (QED) is 0.561. The molecule has 1 aliphatic heterocycles. The van der Waals surface area contributed by atoms with Gasteiger partial charge in [0.1, 0.15) is 12.0 Å². The molecule has 5 nitrogen and oxygen atoms in total. The van der Waals surface area contributed by atoms with E-state index in [-0.39, 0.29) is 0 Å². The number of hydrogen-bond donors (Lipinski definition) is 0. The molecule has 6 heteroatoms. The Morgan fingerprint density at radius 2 is 2.10 bits per heavy atom. The van der Waals surface area contributed by atoms with E-state index in [9.17, 15) is 4.39 Å². The molecule has 1 aliphatic rings. The van der Waals surface area contributed by atoms with Gasteiger partial charge in [-0.05, 0) is 48.9 Å². The van der Waals surface area contributed by atoms with Crippen LogP contribution in [0.1, 0.15) is 43.8 Å². The molecule has 1 fully saturated rings. The van der Waals surface area contributed by atoms with E-state index >= 15 is 0 Å². The maximum atomic E-state index is 13.3. The molecule has 158 valence electrons. The molecule has 1 aromatic heterocycles. The molecule has 0 spiro atoms. The van der Waals surface area contributed by atoms with E-state index in [4.69, 9.17) is 9.47 Å². The zero-order valence-corrected chi connectivity index (χ0v) is 17.7. The van der Waals surface area contributed by atoms with E-state index in [1.807, 2.05) is 30.5 Å². The van der Waals surface area contributed by atoms with Gasteiger partial charge in [-0.2, -0.15) is 0 Å². The molecule has 0 N–H and O–H groups in total. The van der Waals surface area contributed by atoms with E-state index in [1.54, 1.807) is 7.11 Å². The summed E-state index contributed by atoms with van der Waals surface area (Å²) >= 11 is 0. The average Bonchev–Trinajstić information content (AvgIpc) is 3.10. The van der Waals surface area contributed by atoms with Gasteiger partial charge in [-0.3, -0.25) is 0 Å². The zero-order valence-electron chi connectivity index (χ0n) is 17.7. The molecule has 0 unspecified atom stereocenters. The fraction of sp³-hybridized carbons (Fsp3) is 0.565. The largest absolute Gasteiger partial charge is 0.493 e. The molecule has 29 heavy (non-hydrogen) atoms. The monoisotopic (exact) mass is 401 g/mol. The van der Waals surface area contributed by atoms with Crippen LogP contribution in [0.3, 0.4) is 0 Å². The van der Waals surface area contributed by atoms with Crippen molar-refractivity contribution in [2.45, 2.75) is 45.7 Å². The second-order valence-electron chi connectivity index (χ2n) is 8.11. The van der Waals surface area contributed by atoms with Crippen LogP contribution >= 0.6 is 0 Å². The van der Waals surface area contributed by atoms with Crippen LogP contribution in [-0.4, -0.2) is 54.4 Å². The van der Waals surface area contributed by atoms with Gasteiger partial charge in [0.25, 0.3) is 0 Å². The van der Waals surface area contributed by atoms with Crippen molar-refractivity contribution in [3.8, 4) is 11.5 Å². The number of halogens is 1. The Hall–Kier alpha value is -2.21. The van der Waals surface area contributed by atoms with Crippen LogP contribution in [0.15, 0.2) is 30.5 Å². The molecule has 0 bridgehead atoms. The van der Waals surface area contributed by atoms with Crippen molar-refractivity contribution in [2.75, 3.05) is 33.4 Å². The number of alkyl halides is 1. The Kier molecular flexibility index (Phi) is 7.81. The minimum absolute atomic E-state index is 0.550. The molecule has 1 aromatic carbocycles. The zero-order chi connectivity index (χ0) is 20.6. The fourth-order valence-corrected chi connectivity index (χ4v) is 3.64. The third-order valence-electron chi connectivity index (χ3n) is 5.06. The van der Waals surface area contributed by atoms with Crippen molar-refractivity contribution in [1.82, 2.24) is 14.9 Å². The molecule has 1 atom stereocenters. The number of ether oxygens (including phenoxy) is 2. The lowest BCUT2D eigenvalue weighted by Gasteiger charge is -2.16. The second-order valence-corrected chi connectivity index (χ2v) is 8.11. The highest BCUT2D eigenvalue weighted by atomic mass is 19.1. The summed E-state index contributed by atoms with van der Waals surface area (Å²) in [7, 11) is 1.64. The Morgan fingerprint density at radius 3 is 2.83 bits per heavy atom. The summed E-state index contributed by atoms with van der Waals surface area (Å²) in [6.07, 6.45) is 4.28. The predicted molar refractivity (Wildman–Crippen MR) is 112 cm³/mol. The van der Waals surface area contributed by atoms with Crippen molar-refractivity contribution < 1.29 is 13.9 Å². The maximum Gasteiger partial charge on any atom is 0.161 e. The highest BCUT2D eigenvalue weighted by Crippen LogP contribution is 2.29. The highest BCUT2D eigenvalue weighted by molar-refractivity contribution is 5.43. The summed E-state index contributed by atoms with van der Waals surface area (Å²) in [6.45, 7) is 7.21. The number of methoxy groups -OCH3 is 1. The minimum atomic E-state index is -0.672. The van der Waals surface area contributed by atoms with Gasteiger partial charge in [-0.25, -0.2) is 14.4 Å². The van der Waals surface area contributed by atoms with Crippen LogP contribution in [0, 0.1) is 5.92 Å². The van der Waals surface area contributed by atoms with Gasteiger partial charge < -0.3 is 14.4 Å². The van der Waals surface area contributed by atoms with E-state index in [0.29, 0.717) is 37.7 Å². The third-order valence-corrected chi connectivity index (χ3v) is 5.06. The lowest BCUT2D eigenvalue weighted by Crippen LogP contribution is -2.23. The fourth-order valence-electron chi connectivity index (χ4n) is 3.64. The summed E-state index contributed by atoms with van der Waals surface area (Å²) in [5, 5.41) is 0. The third kappa shape index (κ3) is 6.67. The molecular weight excluding hydrogens is 369 g/mol. The van der Waals surface area contributed by atoms with Crippen LogP contribution in [-0.2, 0) is 12.8 Å². The first kappa shape index (κ1) is 21.5. The summed E-state index contributed by atoms with van der Waals surface area (Å²) in [5.41, 5.74) is 2.16. The van der Waals surface area contributed by atoms with Crippen LogP contribution < -0.4 is 9.47 Å². The summed E-state index contributed by atoms with van der Waals surface area (Å²) < 4.78 is 24.7. The molecule has 0 aliphatic carbocycles. The molecule has 2 aromatic rings. The Morgan fingerprint density at radius 1 is 1.24 bits per heavy atom. The Bertz CT molecular complexity index is 784. The van der Waals surface area contributed by atoms with Crippen LogP contribution in [0.4, 0.5) is 4.39 Å². The van der Waals surface area contributed by atoms with Gasteiger partial charge >= 0.3 is 0 Å². The molecular formula is C23H32FN3O2. The van der Waals surface area contributed by atoms with Gasteiger partial charge in [0, 0.05) is 37.9 Å². The first-order valence-corrected chi connectivity index (χ1v) is 10.5. The van der Waals surface area contributed by atoms with Crippen molar-refractivity contribution in [3.05, 3.63) is 47.5 Å². The summed E-state index contributed by atoms with van der Waals surface area (Å²) in [4.78, 5) is 11.3. The van der Waals surface area contributed by atoms with E-state index in [1.165, 1.54) is 0 Å². The SMILES string of the molecule is COc1ccc(Cc2nccc(CC(C)C)n2)cc1OCCCN1CC[C@@H](F)C1. The minimum Gasteiger partial charge on any atom is -0.493 e. The van der Waals surface area contributed by atoms with E-state index in [0.717, 1.165) is 48.8 Å². The second kappa shape index (κ2) is 10.5. The standard InChI is InChI=1S/C23H32FN3O2/c1-17(2)13-20-7-9-25-23(26-20)15-18-5-6-21(28-3)22(14-18)29-12-4-10-27-11-8-19(24)16-27/h5-7,9,14,17,19H,4,8,10-13,15-16H2,1-3H3/t19-/m1/s1. The molecule has 0 amide bonds. The predicted octanol–water partition coefficient (Wildman–Crippen LogP) is 4.09. The van der Waals surface area contributed by atoms with Gasteiger partial charge in [0.05, 0.1) is 13.7 Å². The Labute approximate surface area is 173 Å². The maximum absolute atomic E-state index is 13.3. The van der Waals surface area contributed by atoms with Crippen molar-refractivity contribution >= 4 is 0 Å². The number of benzene rings is 1. The van der Waals surface area contributed by atoms with Gasteiger partial charge in [0.15, 0.2) is 11.5 Å². The lowest BCUT2D eigenvalue weighted by molar-refractivity contribution is 0.242. The van der Waals surface area contributed by atoms with Crippen LogP contribution in [0.25, 0.3) is 0 Å². The lowest BCUT2D eigenvalue weighted by atomic mass is 10.1.